The molecule has 0 aliphatic heterocycles. The van der Waals surface area contributed by atoms with Gasteiger partial charge in [-0.25, -0.2) is 0 Å². The molecule has 1 N–H and O–H groups in total. The fourth-order valence-corrected chi connectivity index (χ4v) is 2.53. The molecular weight excluding hydrogens is 288 g/mol. The molecule has 0 aromatic heterocycles. The van der Waals surface area contributed by atoms with Gasteiger partial charge in [-0.15, -0.1) is 0 Å². The van der Waals surface area contributed by atoms with Crippen LogP contribution in [0.1, 0.15) is 24.5 Å². The number of anilines is 2. The number of carbonyl (C=O) groups excluding carboxylic acids is 2. The zero-order valence-electron chi connectivity index (χ0n) is 13.8. The van der Waals surface area contributed by atoms with Gasteiger partial charge in [0.25, 0.3) is 0 Å². The Morgan fingerprint density at radius 3 is 2.17 bits per heavy atom. The van der Waals surface area contributed by atoms with Crippen LogP contribution in [0.2, 0.25) is 0 Å². The number of nitrogens with zero attached hydrogens (tertiary/aromatic N) is 1. The van der Waals surface area contributed by atoms with Crippen LogP contribution < -0.4 is 10.2 Å². The SMILES string of the molecule is CC(=O)N(CCC(=O)Nc1ccccc1)c1cc(C)cc(C)c1. The van der Waals surface area contributed by atoms with Crippen molar-refractivity contribution in [3.05, 3.63) is 59.7 Å². The molecule has 2 amide bonds. The molecule has 0 fully saturated rings. The molecule has 0 unspecified atom stereocenters. The number of hydrogen-bond donors (Lipinski definition) is 1. The average Bonchev–Trinajstić information content (AvgIpc) is 2.47. The Bertz CT molecular complexity index is 676. The van der Waals surface area contributed by atoms with Crippen LogP contribution in [0.4, 0.5) is 11.4 Å². The highest BCUT2D eigenvalue weighted by Gasteiger charge is 2.14. The van der Waals surface area contributed by atoms with Crippen molar-refractivity contribution in [1.29, 1.82) is 0 Å². The summed E-state index contributed by atoms with van der Waals surface area (Å²) in [6.45, 7) is 5.87. The Morgan fingerprint density at radius 2 is 1.61 bits per heavy atom. The van der Waals surface area contributed by atoms with E-state index in [4.69, 9.17) is 0 Å². The Morgan fingerprint density at radius 1 is 1.00 bits per heavy atom. The third-order valence-electron chi connectivity index (χ3n) is 3.52. The normalized spacial score (nSPS) is 10.2. The Labute approximate surface area is 137 Å². The van der Waals surface area contributed by atoms with E-state index in [9.17, 15) is 9.59 Å². The summed E-state index contributed by atoms with van der Waals surface area (Å²) < 4.78 is 0. The lowest BCUT2D eigenvalue weighted by atomic mass is 10.1. The molecule has 2 aromatic rings. The highest BCUT2D eigenvalue weighted by atomic mass is 16.2. The monoisotopic (exact) mass is 310 g/mol. The molecule has 4 nitrogen and oxygen atoms in total. The second kappa shape index (κ2) is 7.58. The van der Waals surface area contributed by atoms with Gasteiger partial charge < -0.3 is 10.2 Å². The molecule has 0 spiro atoms. The predicted molar refractivity (Wildman–Crippen MR) is 93.6 cm³/mol. The largest absolute Gasteiger partial charge is 0.326 e. The van der Waals surface area contributed by atoms with E-state index in [0.29, 0.717) is 6.54 Å². The van der Waals surface area contributed by atoms with Crippen molar-refractivity contribution in [1.82, 2.24) is 0 Å². The first-order valence-electron chi connectivity index (χ1n) is 7.67. The van der Waals surface area contributed by atoms with Crippen molar-refractivity contribution in [2.75, 3.05) is 16.8 Å². The van der Waals surface area contributed by atoms with Crippen molar-refractivity contribution in [2.45, 2.75) is 27.2 Å². The first-order chi connectivity index (χ1) is 11.0. The van der Waals surface area contributed by atoms with Gasteiger partial charge in [-0.1, -0.05) is 24.3 Å². The van der Waals surface area contributed by atoms with Crippen LogP contribution in [0.5, 0.6) is 0 Å². The molecule has 0 atom stereocenters. The van der Waals surface area contributed by atoms with Crippen LogP contribution in [0.15, 0.2) is 48.5 Å². The maximum atomic E-state index is 12.1. The van der Waals surface area contributed by atoms with Crippen molar-refractivity contribution >= 4 is 23.2 Å². The van der Waals surface area contributed by atoms with Crippen LogP contribution >= 0.6 is 0 Å². The number of nitrogens with one attached hydrogen (secondary N) is 1. The number of aryl methyl sites for hydroxylation is 2. The maximum Gasteiger partial charge on any atom is 0.226 e. The second-order valence-corrected chi connectivity index (χ2v) is 5.68. The molecule has 0 bridgehead atoms. The van der Waals surface area contributed by atoms with Gasteiger partial charge in [0.1, 0.15) is 0 Å². The van der Waals surface area contributed by atoms with E-state index >= 15 is 0 Å². The Balaban J connectivity index is 2.02. The van der Waals surface area contributed by atoms with Crippen LogP contribution in [0.3, 0.4) is 0 Å². The van der Waals surface area contributed by atoms with Gasteiger partial charge in [0, 0.05) is 31.3 Å². The average molecular weight is 310 g/mol. The summed E-state index contributed by atoms with van der Waals surface area (Å²) in [7, 11) is 0. The Kier molecular flexibility index (Phi) is 5.52. The van der Waals surface area contributed by atoms with Crippen molar-refractivity contribution in [3.8, 4) is 0 Å². The van der Waals surface area contributed by atoms with Gasteiger partial charge in [0.05, 0.1) is 0 Å². The summed E-state index contributed by atoms with van der Waals surface area (Å²) in [5.74, 6) is -0.172. The zero-order valence-corrected chi connectivity index (χ0v) is 13.8. The third kappa shape index (κ3) is 4.95. The van der Waals surface area contributed by atoms with E-state index in [0.717, 1.165) is 22.5 Å². The minimum Gasteiger partial charge on any atom is -0.326 e. The second-order valence-electron chi connectivity index (χ2n) is 5.68. The summed E-state index contributed by atoms with van der Waals surface area (Å²) in [4.78, 5) is 25.6. The number of amides is 2. The molecule has 120 valence electrons. The molecule has 0 aliphatic carbocycles. The minimum absolute atomic E-state index is 0.0671. The number of carbonyl (C=O) groups is 2. The lowest BCUT2D eigenvalue weighted by Gasteiger charge is -2.22. The van der Waals surface area contributed by atoms with E-state index in [2.05, 4.69) is 11.4 Å². The van der Waals surface area contributed by atoms with E-state index in [1.54, 1.807) is 4.90 Å². The fourth-order valence-electron chi connectivity index (χ4n) is 2.53. The number of hydrogen-bond acceptors (Lipinski definition) is 2. The molecule has 0 radical (unpaired) electrons. The third-order valence-corrected chi connectivity index (χ3v) is 3.52. The highest BCUT2D eigenvalue weighted by molar-refractivity contribution is 5.94. The minimum atomic E-state index is -0.105. The van der Waals surface area contributed by atoms with E-state index < -0.39 is 0 Å². The van der Waals surface area contributed by atoms with Crippen LogP contribution in [-0.2, 0) is 9.59 Å². The van der Waals surface area contributed by atoms with Crippen LogP contribution in [-0.4, -0.2) is 18.4 Å². The summed E-state index contributed by atoms with van der Waals surface area (Å²) in [5, 5.41) is 2.83. The van der Waals surface area contributed by atoms with Crippen LogP contribution in [0.25, 0.3) is 0 Å². The first-order valence-corrected chi connectivity index (χ1v) is 7.67. The number of benzene rings is 2. The lowest BCUT2D eigenvalue weighted by Crippen LogP contribution is -2.32. The van der Waals surface area contributed by atoms with Crippen LogP contribution in [0, 0.1) is 13.8 Å². The number of rotatable bonds is 5. The molecule has 23 heavy (non-hydrogen) atoms. The summed E-state index contributed by atoms with van der Waals surface area (Å²) in [6, 6.07) is 15.3. The topological polar surface area (TPSA) is 49.4 Å². The molecule has 0 saturated heterocycles. The van der Waals surface area contributed by atoms with Gasteiger partial charge in [0.2, 0.25) is 11.8 Å². The molecule has 2 rings (SSSR count). The summed E-state index contributed by atoms with van der Waals surface area (Å²) in [5.41, 5.74) is 3.79. The molecular formula is C19H22N2O2. The molecule has 0 heterocycles. The van der Waals surface area contributed by atoms with E-state index in [1.807, 2.05) is 56.3 Å². The highest BCUT2D eigenvalue weighted by Crippen LogP contribution is 2.19. The van der Waals surface area contributed by atoms with Gasteiger partial charge in [0.15, 0.2) is 0 Å². The number of para-hydroxylation sites is 1. The maximum absolute atomic E-state index is 12.1. The van der Waals surface area contributed by atoms with Crippen molar-refractivity contribution < 1.29 is 9.59 Å². The van der Waals surface area contributed by atoms with E-state index in [1.165, 1.54) is 6.92 Å². The quantitative estimate of drug-likeness (QED) is 0.915. The summed E-state index contributed by atoms with van der Waals surface area (Å²) in [6.07, 6.45) is 0.251. The van der Waals surface area contributed by atoms with Gasteiger partial charge in [-0.2, -0.15) is 0 Å². The molecule has 0 aliphatic rings. The molecule has 2 aromatic carbocycles. The standard InChI is InChI=1S/C19H22N2O2/c1-14-11-15(2)13-18(12-14)21(16(3)22)10-9-19(23)20-17-7-5-4-6-8-17/h4-8,11-13H,9-10H2,1-3H3,(H,20,23). The van der Waals surface area contributed by atoms with Gasteiger partial charge >= 0.3 is 0 Å². The van der Waals surface area contributed by atoms with E-state index in [-0.39, 0.29) is 18.2 Å². The lowest BCUT2D eigenvalue weighted by molar-refractivity contribution is -0.117. The van der Waals surface area contributed by atoms with Crippen molar-refractivity contribution in [2.24, 2.45) is 0 Å². The smallest absolute Gasteiger partial charge is 0.226 e. The van der Waals surface area contributed by atoms with Gasteiger partial charge in [-0.05, 0) is 49.2 Å². The predicted octanol–water partition coefficient (Wildman–Crippen LogP) is 3.69. The first kappa shape index (κ1) is 16.7. The van der Waals surface area contributed by atoms with Crippen molar-refractivity contribution in [3.63, 3.8) is 0 Å². The molecule has 4 heteroatoms. The Hall–Kier alpha value is -2.62. The molecule has 0 saturated carbocycles. The zero-order chi connectivity index (χ0) is 16.8. The fraction of sp³-hybridized carbons (Fsp3) is 0.263. The van der Waals surface area contributed by atoms with Gasteiger partial charge in [-0.3, -0.25) is 9.59 Å². The summed E-state index contributed by atoms with van der Waals surface area (Å²) >= 11 is 0.